The molecule has 0 aromatic heterocycles. The number of esters is 2. The molecule has 23 heavy (non-hydrogen) atoms. The van der Waals surface area contributed by atoms with E-state index in [1.165, 1.54) is 0 Å². The Labute approximate surface area is 134 Å². The van der Waals surface area contributed by atoms with E-state index in [9.17, 15) is 29.4 Å². The van der Waals surface area contributed by atoms with Crippen molar-refractivity contribution < 1.29 is 38.9 Å². The Kier molecular flexibility index (Phi) is 8.61. The zero-order valence-electron chi connectivity index (χ0n) is 13.2. The summed E-state index contributed by atoms with van der Waals surface area (Å²) < 4.78 is 9.51. The molecule has 0 bridgehead atoms. The van der Waals surface area contributed by atoms with Gasteiger partial charge in [0.1, 0.15) is 0 Å². The van der Waals surface area contributed by atoms with Crippen LogP contribution in [0.5, 0.6) is 0 Å². The van der Waals surface area contributed by atoms with E-state index >= 15 is 0 Å². The smallest absolute Gasteiger partial charge is 0.307 e. The number of hydrogen-bond donors (Lipinski definition) is 0. The number of carboxylic acids is 2. The number of hydrogen-bond acceptors (Lipinski definition) is 8. The van der Waals surface area contributed by atoms with Gasteiger partial charge in [0.25, 0.3) is 0 Å². The molecule has 0 rings (SSSR count). The SMILES string of the molecule is C=C(C(=O)[O-])C(CC(=O)OCCC)(CC(=O)OCCC)C(=O)[O-]. The maximum atomic E-state index is 11.7. The minimum atomic E-state index is -2.48. The van der Waals surface area contributed by atoms with Gasteiger partial charge in [-0.3, -0.25) is 9.59 Å². The Bertz CT molecular complexity index is 458. The van der Waals surface area contributed by atoms with Crippen LogP contribution in [0.1, 0.15) is 39.5 Å². The Morgan fingerprint density at radius 1 is 0.913 bits per heavy atom. The lowest BCUT2D eigenvalue weighted by Crippen LogP contribution is -2.50. The molecule has 0 aliphatic carbocycles. The van der Waals surface area contributed by atoms with E-state index in [4.69, 9.17) is 9.47 Å². The summed E-state index contributed by atoms with van der Waals surface area (Å²) in [6, 6.07) is 0. The molecule has 0 unspecified atom stereocenters. The predicted octanol–water partition coefficient (Wildman–Crippen LogP) is -1.28. The molecule has 0 saturated carbocycles. The van der Waals surface area contributed by atoms with E-state index in [0.717, 1.165) is 0 Å². The summed E-state index contributed by atoms with van der Waals surface area (Å²) in [6.07, 6.45) is -0.846. The molecule has 0 aliphatic rings. The zero-order valence-corrected chi connectivity index (χ0v) is 13.2. The van der Waals surface area contributed by atoms with Crippen molar-refractivity contribution in [2.75, 3.05) is 13.2 Å². The van der Waals surface area contributed by atoms with Crippen molar-refractivity contribution in [2.45, 2.75) is 39.5 Å². The molecule has 0 saturated heterocycles. The fourth-order valence-corrected chi connectivity index (χ4v) is 1.77. The number of carbonyl (C=O) groups is 4. The maximum absolute atomic E-state index is 11.7. The van der Waals surface area contributed by atoms with Crippen LogP contribution in [0.3, 0.4) is 0 Å². The molecule has 8 nitrogen and oxygen atoms in total. The fourth-order valence-electron chi connectivity index (χ4n) is 1.77. The third kappa shape index (κ3) is 6.09. The first-order chi connectivity index (χ1) is 10.7. The van der Waals surface area contributed by atoms with Crippen molar-refractivity contribution in [3.63, 3.8) is 0 Å². The third-order valence-electron chi connectivity index (χ3n) is 3.04. The summed E-state index contributed by atoms with van der Waals surface area (Å²) in [5.74, 6) is -5.81. The molecule has 0 fully saturated rings. The maximum Gasteiger partial charge on any atom is 0.307 e. The van der Waals surface area contributed by atoms with Gasteiger partial charge in [0.15, 0.2) is 0 Å². The second-order valence-corrected chi connectivity index (χ2v) is 4.93. The van der Waals surface area contributed by atoms with Crippen molar-refractivity contribution in [2.24, 2.45) is 5.41 Å². The van der Waals surface area contributed by atoms with Crippen LogP contribution in [-0.2, 0) is 28.7 Å². The quantitative estimate of drug-likeness (QED) is 0.338. The summed E-state index contributed by atoms with van der Waals surface area (Å²) in [7, 11) is 0. The number of carbonyl (C=O) groups excluding carboxylic acids is 4. The third-order valence-corrected chi connectivity index (χ3v) is 3.04. The van der Waals surface area contributed by atoms with Gasteiger partial charge in [-0.05, 0) is 18.4 Å². The first-order valence-electron chi connectivity index (χ1n) is 7.14. The van der Waals surface area contributed by atoms with Gasteiger partial charge in [-0.15, -0.1) is 0 Å². The van der Waals surface area contributed by atoms with Crippen molar-refractivity contribution in [1.82, 2.24) is 0 Å². The molecule has 0 spiro atoms. The van der Waals surface area contributed by atoms with Gasteiger partial charge in [-0.25, -0.2) is 0 Å². The van der Waals surface area contributed by atoms with E-state index in [2.05, 4.69) is 6.58 Å². The van der Waals surface area contributed by atoms with Gasteiger partial charge in [0.2, 0.25) is 0 Å². The minimum Gasteiger partial charge on any atom is -0.549 e. The fraction of sp³-hybridized carbons (Fsp3) is 0.600. The van der Waals surface area contributed by atoms with Gasteiger partial charge < -0.3 is 29.3 Å². The molecule has 0 atom stereocenters. The van der Waals surface area contributed by atoms with Gasteiger partial charge in [0, 0.05) is 0 Å². The number of rotatable bonds is 11. The van der Waals surface area contributed by atoms with E-state index < -0.39 is 47.7 Å². The largest absolute Gasteiger partial charge is 0.549 e. The minimum absolute atomic E-state index is 0.0278. The average Bonchev–Trinajstić information content (AvgIpc) is 2.48. The molecule has 0 aromatic carbocycles. The van der Waals surface area contributed by atoms with E-state index in [-0.39, 0.29) is 13.2 Å². The van der Waals surface area contributed by atoms with Crippen LogP contribution in [0.4, 0.5) is 0 Å². The van der Waals surface area contributed by atoms with Crippen molar-refractivity contribution >= 4 is 23.9 Å². The highest BCUT2D eigenvalue weighted by atomic mass is 16.5. The zero-order chi connectivity index (χ0) is 18.0. The molecule has 0 amide bonds. The van der Waals surface area contributed by atoms with Gasteiger partial charge in [-0.1, -0.05) is 20.4 Å². The number of carboxylic acid groups (broad SMARTS) is 2. The lowest BCUT2D eigenvalue weighted by atomic mass is 9.75. The summed E-state index contributed by atoms with van der Waals surface area (Å²) in [5.41, 5.74) is -3.42. The van der Waals surface area contributed by atoms with Crippen LogP contribution in [0.15, 0.2) is 12.2 Å². The molecular formula is C15H20O8-2. The molecule has 0 radical (unpaired) electrons. The van der Waals surface area contributed by atoms with Gasteiger partial charge in [0.05, 0.1) is 43.4 Å². The second-order valence-electron chi connectivity index (χ2n) is 4.93. The normalized spacial score (nSPS) is 10.7. The first-order valence-corrected chi connectivity index (χ1v) is 7.14. The average molecular weight is 328 g/mol. The molecular weight excluding hydrogens is 308 g/mol. The van der Waals surface area contributed by atoms with Crippen LogP contribution >= 0.6 is 0 Å². The van der Waals surface area contributed by atoms with Crippen LogP contribution < -0.4 is 10.2 Å². The molecule has 0 aromatic rings. The Hall–Kier alpha value is -2.38. The molecule has 8 heteroatoms. The van der Waals surface area contributed by atoms with Gasteiger partial charge >= 0.3 is 11.9 Å². The first kappa shape index (κ1) is 20.6. The molecule has 130 valence electrons. The van der Waals surface area contributed by atoms with Crippen molar-refractivity contribution in [3.05, 3.63) is 12.2 Å². The lowest BCUT2D eigenvalue weighted by Gasteiger charge is -2.35. The predicted molar refractivity (Wildman–Crippen MR) is 73.3 cm³/mol. The molecule has 0 heterocycles. The van der Waals surface area contributed by atoms with E-state index in [1.807, 2.05) is 0 Å². The van der Waals surface area contributed by atoms with Crippen LogP contribution in [0.25, 0.3) is 0 Å². The van der Waals surface area contributed by atoms with Gasteiger partial charge in [-0.2, -0.15) is 0 Å². The van der Waals surface area contributed by atoms with E-state index in [0.29, 0.717) is 12.8 Å². The summed E-state index contributed by atoms with van der Waals surface area (Å²) >= 11 is 0. The topological polar surface area (TPSA) is 133 Å². The Morgan fingerprint density at radius 2 is 1.30 bits per heavy atom. The number of ether oxygens (including phenoxy) is 2. The Balaban J connectivity index is 5.48. The number of aliphatic carboxylic acids is 2. The highest BCUT2D eigenvalue weighted by Gasteiger charge is 2.41. The molecule has 0 aliphatic heterocycles. The summed E-state index contributed by atoms with van der Waals surface area (Å²) in [5, 5.41) is 22.5. The standard InChI is InChI=1S/C15H22O8/c1-4-6-22-11(16)8-15(14(20)21,10(3)13(18)19)9-12(17)23-7-5-2/h3-9H2,1-2H3,(H,18,19)(H,20,21)/p-2. The molecule has 0 N–H and O–H groups in total. The van der Waals surface area contributed by atoms with E-state index in [1.54, 1.807) is 13.8 Å². The highest BCUT2D eigenvalue weighted by molar-refractivity contribution is 5.99. The Morgan fingerprint density at radius 3 is 1.57 bits per heavy atom. The highest BCUT2D eigenvalue weighted by Crippen LogP contribution is 2.35. The van der Waals surface area contributed by atoms with Crippen LogP contribution in [-0.4, -0.2) is 37.1 Å². The summed E-state index contributed by atoms with van der Waals surface area (Å²) in [4.78, 5) is 46.0. The second kappa shape index (κ2) is 9.60. The van der Waals surface area contributed by atoms with Crippen molar-refractivity contribution in [3.8, 4) is 0 Å². The van der Waals surface area contributed by atoms with Crippen LogP contribution in [0, 0.1) is 5.41 Å². The summed E-state index contributed by atoms with van der Waals surface area (Å²) in [6.45, 7) is 6.62. The monoisotopic (exact) mass is 328 g/mol. The van der Waals surface area contributed by atoms with Crippen LogP contribution in [0.2, 0.25) is 0 Å². The van der Waals surface area contributed by atoms with Crippen molar-refractivity contribution in [1.29, 1.82) is 0 Å². The lowest BCUT2D eigenvalue weighted by molar-refractivity contribution is -0.322.